The summed E-state index contributed by atoms with van der Waals surface area (Å²) in [5.41, 5.74) is 0. The lowest BCUT2D eigenvalue weighted by atomic mass is 10.2. The summed E-state index contributed by atoms with van der Waals surface area (Å²) in [6.45, 7) is 4.17. The molecule has 1 aliphatic rings. The number of nitrogens with zero attached hydrogens (tertiary/aromatic N) is 2. The maximum Gasteiger partial charge on any atom is 0.225 e. The lowest BCUT2D eigenvalue weighted by molar-refractivity contribution is -0.116. The van der Waals surface area contributed by atoms with E-state index in [-0.39, 0.29) is 5.91 Å². The normalized spacial score (nSPS) is 17.1. The Kier molecular flexibility index (Phi) is 3.27. The van der Waals surface area contributed by atoms with E-state index in [4.69, 9.17) is 0 Å². The van der Waals surface area contributed by atoms with Crippen molar-refractivity contribution >= 4 is 11.7 Å². The van der Waals surface area contributed by atoms with Gasteiger partial charge in [0.25, 0.3) is 0 Å². The maximum absolute atomic E-state index is 11.5. The van der Waals surface area contributed by atoms with Crippen molar-refractivity contribution in [3.8, 4) is 0 Å². The Morgan fingerprint density at radius 2 is 2.44 bits per heavy atom. The molecule has 1 aromatic rings. The van der Waals surface area contributed by atoms with Crippen LogP contribution in [0.1, 0.15) is 45.6 Å². The summed E-state index contributed by atoms with van der Waals surface area (Å²) in [4.78, 5) is 11.5. The van der Waals surface area contributed by atoms with E-state index in [9.17, 15) is 4.79 Å². The standard InChI is InChI=1S/C12H19N3O/c1-3-4-12(16)14-11-7-8-13-15(11)9(2)10-5-6-10/h7-10H,3-6H2,1-2H3,(H,14,16). The molecule has 0 radical (unpaired) electrons. The molecule has 1 atom stereocenters. The number of rotatable bonds is 5. The minimum absolute atomic E-state index is 0.0762. The highest BCUT2D eigenvalue weighted by Crippen LogP contribution is 2.40. The molecule has 0 aliphatic heterocycles. The molecule has 1 heterocycles. The molecule has 1 unspecified atom stereocenters. The van der Waals surface area contributed by atoms with Crippen LogP contribution in [0.15, 0.2) is 12.3 Å². The summed E-state index contributed by atoms with van der Waals surface area (Å²) in [6.07, 6.45) is 5.76. The number of anilines is 1. The highest BCUT2D eigenvalue weighted by atomic mass is 16.1. The van der Waals surface area contributed by atoms with Gasteiger partial charge in [0.15, 0.2) is 0 Å². The van der Waals surface area contributed by atoms with Crippen LogP contribution in [-0.4, -0.2) is 15.7 Å². The number of aromatic nitrogens is 2. The predicted octanol–water partition coefficient (Wildman–Crippen LogP) is 2.59. The number of hydrogen-bond donors (Lipinski definition) is 1. The first-order chi connectivity index (χ1) is 7.72. The summed E-state index contributed by atoms with van der Waals surface area (Å²) in [5, 5.41) is 7.21. The SMILES string of the molecule is CCCC(=O)Nc1ccnn1C(C)C1CC1. The van der Waals surface area contributed by atoms with Gasteiger partial charge in [0.2, 0.25) is 5.91 Å². The van der Waals surface area contributed by atoms with Crippen LogP contribution in [0.3, 0.4) is 0 Å². The van der Waals surface area contributed by atoms with Crippen LogP contribution in [-0.2, 0) is 4.79 Å². The highest BCUT2D eigenvalue weighted by Gasteiger charge is 2.30. The zero-order valence-electron chi connectivity index (χ0n) is 9.94. The fourth-order valence-electron chi connectivity index (χ4n) is 1.95. The fraction of sp³-hybridized carbons (Fsp3) is 0.667. The third kappa shape index (κ3) is 2.43. The number of nitrogens with one attached hydrogen (secondary N) is 1. The molecular formula is C12H19N3O. The third-order valence-electron chi connectivity index (χ3n) is 3.10. The van der Waals surface area contributed by atoms with Crippen LogP contribution >= 0.6 is 0 Å². The molecule has 1 aliphatic carbocycles. The Balaban J connectivity index is 2.03. The molecular weight excluding hydrogens is 202 g/mol. The van der Waals surface area contributed by atoms with Gasteiger partial charge in [-0.05, 0) is 32.1 Å². The minimum Gasteiger partial charge on any atom is -0.311 e. The van der Waals surface area contributed by atoms with Gasteiger partial charge >= 0.3 is 0 Å². The molecule has 16 heavy (non-hydrogen) atoms. The lowest BCUT2D eigenvalue weighted by Crippen LogP contribution is -2.17. The van der Waals surface area contributed by atoms with E-state index >= 15 is 0 Å². The molecule has 0 saturated heterocycles. The Bertz CT molecular complexity index is 368. The van der Waals surface area contributed by atoms with Gasteiger partial charge < -0.3 is 5.32 Å². The molecule has 0 aromatic carbocycles. The molecule has 0 bridgehead atoms. The second kappa shape index (κ2) is 4.68. The Morgan fingerprint density at radius 3 is 3.06 bits per heavy atom. The topological polar surface area (TPSA) is 46.9 Å². The zero-order valence-corrected chi connectivity index (χ0v) is 9.94. The van der Waals surface area contributed by atoms with Crippen molar-refractivity contribution in [3.63, 3.8) is 0 Å². The molecule has 4 nitrogen and oxygen atoms in total. The lowest BCUT2D eigenvalue weighted by Gasteiger charge is -2.15. The van der Waals surface area contributed by atoms with Crippen LogP contribution in [0.5, 0.6) is 0 Å². The number of carbonyl (C=O) groups excluding carboxylic acids is 1. The molecule has 2 rings (SSSR count). The molecule has 1 saturated carbocycles. The summed E-state index contributed by atoms with van der Waals surface area (Å²) in [7, 11) is 0. The summed E-state index contributed by atoms with van der Waals surface area (Å²) in [5.74, 6) is 1.65. The van der Waals surface area contributed by atoms with Crippen LogP contribution < -0.4 is 5.32 Å². The first kappa shape index (κ1) is 11.2. The van der Waals surface area contributed by atoms with Crippen LogP contribution in [0, 0.1) is 5.92 Å². The predicted molar refractivity (Wildman–Crippen MR) is 63.2 cm³/mol. The molecule has 1 fully saturated rings. The van der Waals surface area contributed by atoms with Gasteiger partial charge in [-0.25, -0.2) is 4.68 Å². The first-order valence-electron chi connectivity index (χ1n) is 6.05. The van der Waals surface area contributed by atoms with Gasteiger partial charge in [-0.3, -0.25) is 4.79 Å². The average molecular weight is 221 g/mol. The van der Waals surface area contributed by atoms with Crippen molar-refractivity contribution in [2.75, 3.05) is 5.32 Å². The van der Waals surface area contributed by atoms with Crippen molar-refractivity contribution in [3.05, 3.63) is 12.3 Å². The van der Waals surface area contributed by atoms with E-state index in [1.807, 2.05) is 17.7 Å². The summed E-state index contributed by atoms with van der Waals surface area (Å²) in [6, 6.07) is 2.26. The maximum atomic E-state index is 11.5. The van der Waals surface area contributed by atoms with E-state index in [1.165, 1.54) is 12.8 Å². The monoisotopic (exact) mass is 221 g/mol. The third-order valence-corrected chi connectivity index (χ3v) is 3.10. The highest BCUT2D eigenvalue weighted by molar-refractivity contribution is 5.89. The number of amides is 1. The van der Waals surface area contributed by atoms with E-state index in [0.717, 1.165) is 18.2 Å². The van der Waals surface area contributed by atoms with Crippen LogP contribution in [0.25, 0.3) is 0 Å². The first-order valence-corrected chi connectivity index (χ1v) is 6.05. The van der Waals surface area contributed by atoms with Gasteiger partial charge in [-0.15, -0.1) is 0 Å². The number of carbonyl (C=O) groups is 1. The van der Waals surface area contributed by atoms with Gasteiger partial charge in [-0.2, -0.15) is 5.10 Å². The molecule has 0 spiro atoms. The Morgan fingerprint density at radius 1 is 1.69 bits per heavy atom. The fourth-order valence-corrected chi connectivity index (χ4v) is 1.95. The summed E-state index contributed by atoms with van der Waals surface area (Å²) < 4.78 is 1.94. The summed E-state index contributed by atoms with van der Waals surface area (Å²) >= 11 is 0. The molecule has 1 aromatic heterocycles. The molecule has 1 N–H and O–H groups in total. The van der Waals surface area contributed by atoms with E-state index < -0.39 is 0 Å². The van der Waals surface area contributed by atoms with Crippen molar-refractivity contribution in [2.45, 2.75) is 45.6 Å². The van der Waals surface area contributed by atoms with Crippen molar-refractivity contribution in [1.82, 2.24) is 9.78 Å². The van der Waals surface area contributed by atoms with Gasteiger partial charge in [0.1, 0.15) is 5.82 Å². The van der Waals surface area contributed by atoms with E-state index in [2.05, 4.69) is 17.3 Å². The Hall–Kier alpha value is -1.32. The Labute approximate surface area is 96.0 Å². The van der Waals surface area contributed by atoms with Crippen LogP contribution in [0.4, 0.5) is 5.82 Å². The minimum atomic E-state index is 0.0762. The zero-order chi connectivity index (χ0) is 11.5. The molecule has 1 amide bonds. The van der Waals surface area contributed by atoms with E-state index in [0.29, 0.717) is 12.5 Å². The van der Waals surface area contributed by atoms with Gasteiger partial charge in [0, 0.05) is 12.5 Å². The molecule has 88 valence electrons. The largest absolute Gasteiger partial charge is 0.311 e. The van der Waals surface area contributed by atoms with Gasteiger partial charge in [0.05, 0.1) is 12.2 Å². The van der Waals surface area contributed by atoms with Crippen molar-refractivity contribution in [2.24, 2.45) is 5.92 Å². The quantitative estimate of drug-likeness (QED) is 0.830. The van der Waals surface area contributed by atoms with E-state index in [1.54, 1.807) is 6.20 Å². The second-order valence-electron chi connectivity index (χ2n) is 4.54. The second-order valence-corrected chi connectivity index (χ2v) is 4.54. The van der Waals surface area contributed by atoms with Crippen molar-refractivity contribution < 1.29 is 4.79 Å². The molecule has 4 heteroatoms. The van der Waals surface area contributed by atoms with Gasteiger partial charge in [-0.1, -0.05) is 6.92 Å². The average Bonchev–Trinajstić information content (AvgIpc) is 2.99. The number of hydrogen-bond acceptors (Lipinski definition) is 2. The van der Waals surface area contributed by atoms with Crippen LogP contribution in [0.2, 0.25) is 0 Å². The van der Waals surface area contributed by atoms with Crippen molar-refractivity contribution in [1.29, 1.82) is 0 Å². The smallest absolute Gasteiger partial charge is 0.225 e.